The van der Waals surface area contributed by atoms with Crippen LogP contribution in [0.2, 0.25) is 10.0 Å². The third-order valence-electron chi connectivity index (χ3n) is 4.19. The number of esters is 1. The molecule has 0 bridgehead atoms. The highest BCUT2D eigenvalue weighted by molar-refractivity contribution is 6.35. The summed E-state index contributed by atoms with van der Waals surface area (Å²) in [5.74, 6) is -0.427. The normalized spacial score (nSPS) is 11.3. The van der Waals surface area contributed by atoms with Crippen molar-refractivity contribution in [2.24, 2.45) is 0 Å². The van der Waals surface area contributed by atoms with Gasteiger partial charge in [-0.3, -0.25) is 4.68 Å². The molecule has 140 valence electrons. The molecule has 0 aliphatic heterocycles. The topological polar surface area (TPSA) is 47.4 Å². The van der Waals surface area contributed by atoms with Gasteiger partial charge in [0, 0.05) is 41.3 Å². The molecule has 0 atom stereocenters. The molecule has 0 amide bonds. The van der Waals surface area contributed by atoms with Crippen LogP contribution in [-0.2, 0) is 16.1 Å². The molecule has 7 heteroatoms. The smallest absolute Gasteiger partial charge is 0.330 e. The Kier molecular flexibility index (Phi) is 5.73. The summed E-state index contributed by atoms with van der Waals surface area (Å²) in [7, 11) is 5.31. The summed E-state index contributed by atoms with van der Waals surface area (Å²) in [6, 6.07) is 11.5. The van der Waals surface area contributed by atoms with Crippen LogP contribution in [0.3, 0.4) is 0 Å². The van der Waals surface area contributed by atoms with Crippen LogP contribution in [0.25, 0.3) is 17.0 Å². The van der Waals surface area contributed by atoms with E-state index in [0.29, 0.717) is 22.3 Å². The van der Waals surface area contributed by atoms with Crippen molar-refractivity contribution < 1.29 is 9.53 Å². The Morgan fingerprint density at radius 2 is 2.00 bits per heavy atom. The quantitative estimate of drug-likeness (QED) is 0.459. The van der Waals surface area contributed by atoms with Gasteiger partial charge in [-0.05, 0) is 42.0 Å². The largest absolute Gasteiger partial charge is 0.466 e. The zero-order valence-corrected chi connectivity index (χ0v) is 16.8. The maximum absolute atomic E-state index is 11.5. The standard InChI is InChI=1S/C20H19Cl2N3O2/c1-24(2)15-6-7-16-18(8-9-20(26)27-3)23-25(19(16)11-15)12-13-4-5-14(21)10-17(13)22/h4-11H,12H2,1-3H3. The molecule has 2 aromatic carbocycles. The third-order valence-corrected chi connectivity index (χ3v) is 4.78. The molecule has 0 saturated heterocycles. The first-order chi connectivity index (χ1) is 12.9. The third kappa shape index (κ3) is 4.26. The second-order valence-corrected chi connectivity index (χ2v) is 7.07. The van der Waals surface area contributed by atoms with Crippen molar-refractivity contribution in [3.63, 3.8) is 0 Å². The summed E-state index contributed by atoms with van der Waals surface area (Å²) >= 11 is 12.3. The fraction of sp³-hybridized carbons (Fsp3) is 0.200. The van der Waals surface area contributed by atoms with Crippen LogP contribution in [0.4, 0.5) is 5.69 Å². The lowest BCUT2D eigenvalue weighted by Gasteiger charge is -2.13. The minimum atomic E-state index is -0.427. The maximum Gasteiger partial charge on any atom is 0.330 e. The second-order valence-electron chi connectivity index (χ2n) is 6.23. The Balaban J connectivity index is 2.10. The summed E-state index contributed by atoms with van der Waals surface area (Å²) in [5.41, 5.74) is 3.58. The van der Waals surface area contributed by atoms with Crippen molar-refractivity contribution in [1.29, 1.82) is 0 Å². The number of anilines is 1. The number of carbonyl (C=O) groups is 1. The lowest BCUT2D eigenvalue weighted by molar-refractivity contribution is -0.134. The molecule has 0 N–H and O–H groups in total. The summed E-state index contributed by atoms with van der Waals surface area (Å²) < 4.78 is 6.54. The number of hydrogen-bond donors (Lipinski definition) is 0. The van der Waals surface area contributed by atoms with E-state index >= 15 is 0 Å². The van der Waals surface area contributed by atoms with E-state index in [9.17, 15) is 4.79 Å². The predicted octanol–water partition coefficient (Wildman–Crippen LogP) is 4.64. The average molecular weight is 404 g/mol. The van der Waals surface area contributed by atoms with Gasteiger partial charge in [0.15, 0.2) is 0 Å². The van der Waals surface area contributed by atoms with Gasteiger partial charge in [0.2, 0.25) is 0 Å². The zero-order chi connectivity index (χ0) is 19.6. The Morgan fingerprint density at radius 1 is 1.22 bits per heavy atom. The summed E-state index contributed by atoms with van der Waals surface area (Å²) in [4.78, 5) is 13.5. The van der Waals surface area contributed by atoms with E-state index in [1.807, 2.05) is 41.9 Å². The van der Waals surface area contributed by atoms with Crippen LogP contribution in [0.1, 0.15) is 11.3 Å². The predicted molar refractivity (Wildman–Crippen MR) is 111 cm³/mol. The number of carbonyl (C=O) groups excluding carboxylic acids is 1. The summed E-state index contributed by atoms with van der Waals surface area (Å²) in [6.45, 7) is 0.482. The number of fused-ring (bicyclic) bond motifs is 1. The molecule has 1 heterocycles. The highest BCUT2D eigenvalue weighted by atomic mass is 35.5. The molecule has 0 aliphatic rings. The highest BCUT2D eigenvalue weighted by Gasteiger charge is 2.12. The van der Waals surface area contributed by atoms with Crippen LogP contribution < -0.4 is 4.90 Å². The van der Waals surface area contributed by atoms with Crippen molar-refractivity contribution in [2.75, 3.05) is 26.1 Å². The molecular weight excluding hydrogens is 385 g/mol. The number of nitrogens with zero attached hydrogens (tertiary/aromatic N) is 3. The molecule has 0 radical (unpaired) electrons. The van der Waals surface area contributed by atoms with Gasteiger partial charge >= 0.3 is 5.97 Å². The summed E-state index contributed by atoms with van der Waals surface area (Å²) in [5, 5.41) is 6.78. The fourth-order valence-electron chi connectivity index (χ4n) is 2.74. The molecular formula is C20H19Cl2N3O2. The van der Waals surface area contributed by atoms with E-state index in [1.54, 1.807) is 18.2 Å². The van der Waals surface area contributed by atoms with Crippen LogP contribution >= 0.6 is 23.2 Å². The van der Waals surface area contributed by atoms with E-state index in [-0.39, 0.29) is 0 Å². The first-order valence-electron chi connectivity index (χ1n) is 8.27. The number of benzene rings is 2. The average Bonchev–Trinajstić information content (AvgIpc) is 2.99. The van der Waals surface area contributed by atoms with Crippen molar-refractivity contribution in [1.82, 2.24) is 9.78 Å². The Labute approximate surface area is 167 Å². The van der Waals surface area contributed by atoms with Gasteiger partial charge in [-0.1, -0.05) is 29.3 Å². The molecule has 1 aromatic heterocycles. The van der Waals surface area contributed by atoms with Gasteiger partial charge < -0.3 is 9.64 Å². The van der Waals surface area contributed by atoms with Gasteiger partial charge in [0.1, 0.15) is 0 Å². The number of halogens is 2. The van der Waals surface area contributed by atoms with Crippen LogP contribution in [0.15, 0.2) is 42.5 Å². The van der Waals surface area contributed by atoms with Gasteiger partial charge in [-0.15, -0.1) is 0 Å². The maximum atomic E-state index is 11.5. The number of rotatable bonds is 5. The monoisotopic (exact) mass is 403 g/mol. The number of hydrogen-bond acceptors (Lipinski definition) is 4. The van der Waals surface area contributed by atoms with Crippen molar-refractivity contribution in [2.45, 2.75) is 6.54 Å². The molecule has 0 spiro atoms. The van der Waals surface area contributed by atoms with Gasteiger partial charge in [0.05, 0.1) is 24.9 Å². The van der Waals surface area contributed by atoms with Gasteiger partial charge in [0.25, 0.3) is 0 Å². The van der Waals surface area contributed by atoms with Crippen molar-refractivity contribution in [3.05, 3.63) is 63.8 Å². The first-order valence-corrected chi connectivity index (χ1v) is 9.02. The fourth-order valence-corrected chi connectivity index (χ4v) is 3.20. The molecule has 27 heavy (non-hydrogen) atoms. The van der Waals surface area contributed by atoms with E-state index < -0.39 is 5.97 Å². The van der Waals surface area contributed by atoms with Crippen LogP contribution in [0.5, 0.6) is 0 Å². The van der Waals surface area contributed by atoms with E-state index in [2.05, 4.69) is 15.9 Å². The summed E-state index contributed by atoms with van der Waals surface area (Å²) in [6.07, 6.45) is 3.02. The van der Waals surface area contributed by atoms with Crippen molar-refractivity contribution >= 4 is 51.8 Å². The van der Waals surface area contributed by atoms with E-state index in [1.165, 1.54) is 13.2 Å². The molecule has 5 nitrogen and oxygen atoms in total. The Hall–Kier alpha value is -2.50. The van der Waals surface area contributed by atoms with Crippen molar-refractivity contribution in [3.8, 4) is 0 Å². The number of methoxy groups -OCH3 is 1. The Bertz CT molecular complexity index is 1030. The van der Waals surface area contributed by atoms with E-state index in [4.69, 9.17) is 23.2 Å². The molecule has 0 unspecified atom stereocenters. The van der Waals surface area contributed by atoms with Gasteiger partial charge in [-0.25, -0.2) is 4.79 Å². The zero-order valence-electron chi connectivity index (χ0n) is 15.2. The first kappa shape index (κ1) is 19.3. The lowest BCUT2D eigenvalue weighted by atomic mass is 10.1. The lowest BCUT2D eigenvalue weighted by Crippen LogP contribution is -2.09. The molecule has 0 fully saturated rings. The van der Waals surface area contributed by atoms with E-state index in [0.717, 1.165) is 22.2 Å². The number of aromatic nitrogens is 2. The number of ether oxygens (including phenoxy) is 1. The minimum absolute atomic E-state index is 0.427. The molecule has 0 aliphatic carbocycles. The highest BCUT2D eigenvalue weighted by Crippen LogP contribution is 2.27. The molecule has 3 aromatic rings. The Morgan fingerprint density at radius 3 is 2.67 bits per heavy atom. The molecule has 3 rings (SSSR count). The van der Waals surface area contributed by atoms with Crippen LogP contribution in [-0.4, -0.2) is 37.0 Å². The molecule has 0 saturated carbocycles. The SMILES string of the molecule is COC(=O)C=Cc1nn(Cc2ccc(Cl)cc2Cl)c2cc(N(C)C)ccc12. The van der Waals surface area contributed by atoms with Crippen LogP contribution in [0, 0.1) is 0 Å². The van der Waals surface area contributed by atoms with Gasteiger partial charge in [-0.2, -0.15) is 5.10 Å². The second kappa shape index (κ2) is 8.03. The minimum Gasteiger partial charge on any atom is -0.466 e.